The molecule has 0 atom stereocenters. The Balaban J connectivity index is 2.08. The van der Waals surface area contributed by atoms with Gasteiger partial charge in [0.15, 0.2) is 0 Å². The highest BCUT2D eigenvalue weighted by molar-refractivity contribution is 9.10. The smallest absolute Gasteiger partial charge is 0.283 e. The first-order chi connectivity index (χ1) is 10.1. The van der Waals surface area contributed by atoms with Gasteiger partial charge in [-0.2, -0.15) is 5.10 Å². The number of aromatic nitrogens is 3. The Hall–Kier alpha value is -1.73. The molecule has 0 aliphatic carbocycles. The second-order valence-corrected chi connectivity index (χ2v) is 5.35. The molecule has 2 aromatic rings. The molecule has 112 valence electrons. The van der Waals surface area contributed by atoms with Crippen LogP contribution in [0.3, 0.4) is 0 Å². The summed E-state index contributed by atoms with van der Waals surface area (Å²) in [4.78, 5) is 16.3. The topological polar surface area (TPSA) is 69.0 Å². The minimum Gasteiger partial charge on any atom is -0.383 e. The summed E-state index contributed by atoms with van der Waals surface area (Å²) in [5.41, 5.74) is 2.49. The van der Waals surface area contributed by atoms with Crippen molar-refractivity contribution in [3.05, 3.63) is 50.6 Å². The Kier molecular flexibility index (Phi) is 5.46. The molecule has 1 N–H and O–H groups in total. The van der Waals surface area contributed by atoms with Gasteiger partial charge in [0.1, 0.15) is 4.47 Å². The van der Waals surface area contributed by atoms with E-state index in [4.69, 9.17) is 4.74 Å². The molecule has 0 fully saturated rings. The van der Waals surface area contributed by atoms with Gasteiger partial charge in [-0.25, -0.2) is 4.68 Å². The standard InChI is InChI=1S/C14H17BrN4O2/c1-10-3-4-11(7-16-10)8-17-12-9-18-19(5-6-21-2)14(20)13(12)15/h3-4,7,9,17H,5-6,8H2,1-2H3. The van der Waals surface area contributed by atoms with Gasteiger partial charge in [-0.05, 0) is 34.5 Å². The van der Waals surface area contributed by atoms with Crippen molar-refractivity contribution in [1.82, 2.24) is 14.8 Å². The fourth-order valence-electron chi connectivity index (χ4n) is 1.73. The lowest BCUT2D eigenvalue weighted by atomic mass is 10.2. The molecule has 0 unspecified atom stereocenters. The van der Waals surface area contributed by atoms with Crippen molar-refractivity contribution in [2.45, 2.75) is 20.0 Å². The molecular formula is C14H17BrN4O2. The number of methoxy groups -OCH3 is 1. The van der Waals surface area contributed by atoms with Crippen LogP contribution in [-0.4, -0.2) is 28.5 Å². The summed E-state index contributed by atoms with van der Waals surface area (Å²) in [6.45, 7) is 3.39. The number of hydrogen-bond donors (Lipinski definition) is 1. The molecule has 0 aliphatic heterocycles. The van der Waals surface area contributed by atoms with Crippen LogP contribution in [0.5, 0.6) is 0 Å². The lowest BCUT2D eigenvalue weighted by Gasteiger charge is -2.10. The quantitative estimate of drug-likeness (QED) is 0.860. The fourth-order valence-corrected chi connectivity index (χ4v) is 2.17. The van der Waals surface area contributed by atoms with Crippen LogP contribution in [0.1, 0.15) is 11.3 Å². The normalized spacial score (nSPS) is 10.6. The average molecular weight is 353 g/mol. The first kappa shape index (κ1) is 15.7. The number of nitrogens with zero attached hydrogens (tertiary/aromatic N) is 3. The van der Waals surface area contributed by atoms with Gasteiger partial charge in [0, 0.05) is 25.5 Å². The molecule has 0 bridgehead atoms. The molecule has 0 amide bonds. The van der Waals surface area contributed by atoms with E-state index in [1.807, 2.05) is 25.3 Å². The van der Waals surface area contributed by atoms with Crippen LogP contribution in [0, 0.1) is 6.92 Å². The van der Waals surface area contributed by atoms with Crippen molar-refractivity contribution in [3.63, 3.8) is 0 Å². The molecule has 7 heteroatoms. The van der Waals surface area contributed by atoms with Gasteiger partial charge in [0.05, 0.1) is 25.0 Å². The predicted molar refractivity (Wildman–Crippen MR) is 84.4 cm³/mol. The van der Waals surface area contributed by atoms with Gasteiger partial charge in [-0.1, -0.05) is 6.07 Å². The van der Waals surface area contributed by atoms with Crippen molar-refractivity contribution in [2.75, 3.05) is 19.0 Å². The van der Waals surface area contributed by atoms with Crippen LogP contribution in [0.25, 0.3) is 0 Å². The van der Waals surface area contributed by atoms with Crippen LogP contribution in [0.4, 0.5) is 5.69 Å². The monoisotopic (exact) mass is 352 g/mol. The second kappa shape index (κ2) is 7.33. The summed E-state index contributed by atoms with van der Waals surface area (Å²) < 4.78 is 6.78. The van der Waals surface area contributed by atoms with E-state index in [1.165, 1.54) is 4.68 Å². The van der Waals surface area contributed by atoms with E-state index in [9.17, 15) is 4.79 Å². The van der Waals surface area contributed by atoms with Gasteiger partial charge < -0.3 is 10.1 Å². The third-order valence-corrected chi connectivity index (χ3v) is 3.71. The third-order valence-electron chi connectivity index (χ3n) is 2.95. The van der Waals surface area contributed by atoms with Gasteiger partial charge >= 0.3 is 0 Å². The van der Waals surface area contributed by atoms with E-state index >= 15 is 0 Å². The van der Waals surface area contributed by atoms with Crippen molar-refractivity contribution >= 4 is 21.6 Å². The minimum absolute atomic E-state index is 0.181. The second-order valence-electron chi connectivity index (χ2n) is 4.55. The highest BCUT2D eigenvalue weighted by Gasteiger charge is 2.08. The van der Waals surface area contributed by atoms with Crippen molar-refractivity contribution < 1.29 is 4.74 Å². The van der Waals surface area contributed by atoms with Crippen LogP contribution < -0.4 is 10.9 Å². The summed E-state index contributed by atoms with van der Waals surface area (Å²) in [5.74, 6) is 0. The summed E-state index contributed by atoms with van der Waals surface area (Å²) in [5, 5.41) is 7.30. The number of halogens is 1. The van der Waals surface area contributed by atoms with E-state index in [0.29, 0.717) is 29.9 Å². The van der Waals surface area contributed by atoms with E-state index in [1.54, 1.807) is 13.3 Å². The summed E-state index contributed by atoms with van der Waals surface area (Å²) in [6.07, 6.45) is 3.44. The molecule has 0 spiro atoms. The van der Waals surface area contributed by atoms with Gasteiger partial charge in [0.25, 0.3) is 5.56 Å². The van der Waals surface area contributed by atoms with Crippen molar-refractivity contribution in [1.29, 1.82) is 0 Å². The van der Waals surface area contributed by atoms with Crippen LogP contribution in [0.15, 0.2) is 33.8 Å². The van der Waals surface area contributed by atoms with E-state index in [0.717, 1.165) is 11.3 Å². The number of ether oxygens (including phenoxy) is 1. The molecule has 6 nitrogen and oxygen atoms in total. The summed E-state index contributed by atoms with van der Waals surface area (Å²) in [7, 11) is 1.59. The maximum Gasteiger partial charge on any atom is 0.283 e. The Bertz CT molecular complexity index is 655. The van der Waals surface area contributed by atoms with Crippen LogP contribution >= 0.6 is 15.9 Å². The molecule has 0 aliphatic rings. The fraction of sp³-hybridized carbons (Fsp3) is 0.357. The maximum absolute atomic E-state index is 12.1. The maximum atomic E-state index is 12.1. The van der Waals surface area contributed by atoms with Gasteiger partial charge in [-0.15, -0.1) is 0 Å². The molecule has 21 heavy (non-hydrogen) atoms. The molecule has 2 aromatic heterocycles. The Morgan fingerprint density at radius 1 is 1.38 bits per heavy atom. The zero-order chi connectivity index (χ0) is 15.2. The van der Waals surface area contributed by atoms with Crippen LogP contribution in [-0.2, 0) is 17.8 Å². The largest absolute Gasteiger partial charge is 0.383 e. The lowest BCUT2D eigenvalue weighted by Crippen LogP contribution is -2.26. The van der Waals surface area contributed by atoms with Gasteiger partial charge in [0.2, 0.25) is 0 Å². The van der Waals surface area contributed by atoms with Crippen LogP contribution in [0.2, 0.25) is 0 Å². The number of pyridine rings is 1. The first-order valence-corrected chi connectivity index (χ1v) is 7.31. The molecule has 2 heterocycles. The van der Waals surface area contributed by atoms with E-state index in [2.05, 4.69) is 31.3 Å². The lowest BCUT2D eigenvalue weighted by molar-refractivity contribution is 0.181. The number of nitrogens with one attached hydrogen (secondary N) is 1. The summed E-state index contributed by atoms with van der Waals surface area (Å²) >= 11 is 3.32. The highest BCUT2D eigenvalue weighted by atomic mass is 79.9. The number of aryl methyl sites for hydroxylation is 1. The molecule has 0 saturated heterocycles. The highest BCUT2D eigenvalue weighted by Crippen LogP contribution is 2.17. The van der Waals surface area contributed by atoms with Gasteiger partial charge in [-0.3, -0.25) is 9.78 Å². The molecular weight excluding hydrogens is 336 g/mol. The first-order valence-electron chi connectivity index (χ1n) is 6.52. The predicted octanol–water partition coefficient (Wildman–Crippen LogP) is 1.97. The zero-order valence-electron chi connectivity index (χ0n) is 12.0. The average Bonchev–Trinajstić information content (AvgIpc) is 2.49. The summed E-state index contributed by atoms with van der Waals surface area (Å²) in [6, 6.07) is 3.95. The third kappa shape index (κ3) is 4.12. The Labute approximate surface area is 131 Å². The zero-order valence-corrected chi connectivity index (χ0v) is 13.6. The molecule has 2 rings (SSSR count). The minimum atomic E-state index is -0.181. The molecule has 0 saturated carbocycles. The number of anilines is 1. The van der Waals surface area contributed by atoms with Crippen molar-refractivity contribution in [2.24, 2.45) is 0 Å². The SMILES string of the molecule is COCCn1ncc(NCc2ccc(C)nc2)c(Br)c1=O. The Morgan fingerprint density at radius 2 is 2.19 bits per heavy atom. The molecule has 0 aromatic carbocycles. The number of hydrogen-bond acceptors (Lipinski definition) is 5. The number of rotatable bonds is 6. The van der Waals surface area contributed by atoms with E-state index in [-0.39, 0.29) is 5.56 Å². The molecule has 0 radical (unpaired) electrons. The Morgan fingerprint density at radius 3 is 2.86 bits per heavy atom. The van der Waals surface area contributed by atoms with E-state index < -0.39 is 0 Å². The van der Waals surface area contributed by atoms with Crippen molar-refractivity contribution in [3.8, 4) is 0 Å².